The molecule has 0 saturated carbocycles. The second-order valence-corrected chi connectivity index (χ2v) is 7.62. The first-order chi connectivity index (χ1) is 14.2. The molecule has 2 N–H and O–H groups in total. The van der Waals surface area contributed by atoms with Crippen LogP contribution in [-0.4, -0.2) is 45.4 Å². The fourth-order valence-electron chi connectivity index (χ4n) is 3.53. The third-order valence-corrected chi connectivity index (χ3v) is 5.32. The average Bonchev–Trinajstić information content (AvgIpc) is 2.77. The summed E-state index contributed by atoms with van der Waals surface area (Å²) in [6.45, 7) is 12.3. The molecule has 1 heterocycles. The molecule has 1 aliphatic heterocycles. The molecular formula is C24H34N4O. The molecule has 2 aromatic rings. The Balaban J connectivity index is 1.64. The summed E-state index contributed by atoms with van der Waals surface area (Å²) in [5.41, 5.74) is 5.15. The number of ether oxygens (including phenoxy) is 1. The van der Waals surface area contributed by atoms with Crippen LogP contribution in [0.4, 0.5) is 5.69 Å². The van der Waals surface area contributed by atoms with Crippen molar-refractivity contribution in [1.29, 1.82) is 0 Å². The Morgan fingerprint density at radius 2 is 1.79 bits per heavy atom. The molecule has 29 heavy (non-hydrogen) atoms. The van der Waals surface area contributed by atoms with Crippen LogP contribution in [0.2, 0.25) is 0 Å². The SMILES string of the molecule is CCNC(=NCc1ccccc1N1CCOCC1)NCC(C)c1ccc(C)cc1. The Labute approximate surface area is 175 Å². The molecule has 5 nitrogen and oxygen atoms in total. The topological polar surface area (TPSA) is 48.9 Å². The molecule has 2 aromatic carbocycles. The number of hydrogen-bond donors (Lipinski definition) is 2. The van der Waals surface area contributed by atoms with Crippen LogP contribution in [0.1, 0.15) is 36.5 Å². The van der Waals surface area contributed by atoms with Crippen molar-refractivity contribution in [3.63, 3.8) is 0 Å². The van der Waals surface area contributed by atoms with Crippen LogP contribution in [0, 0.1) is 6.92 Å². The Morgan fingerprint density at radius 3 is 2.52 bits per heavy atom. The highest BCUT2D eigenvalue weighted by molar-refractivity contribution is 5.80. The van der Waals surface area contributed by atoms with E-state index in [9.17, 15) is 0 Å². The van der Waals surface area contributed by atoms with Gasteiger partial charge in [-0.25, -0.2) is 4.99 Å². The molecule has 156 valence electrons. The van der Waals surface area contributed by atoms with E-state index in [0.717, 1.165) is 45.4 Å². The lowest BCUT2D eigenvalue weighted by atomic mass is 10.0. The first-order valence-corrected chi connectivity index (χ1v) is 10.7. The number of aliphatic imine (C=N–C) groups is 1. The van der Waals surface area contributed by atoms with Gasteiger partial charge in [0, 0.05) is 31.9 Å². The van der Waals surface area contributed by atoms with Crippen LogP contribution in [0.5, 0.6) is 0 Å². The third kappa shape index (κ3) is 6.23. The van der Waals surface area contributed by atoms with Crippen LogP contribution in [0.25, 0.3) is 0 Å². The van der Waals surface area contributed by atoms with Crippen molar-refractivity contribution in [2.75, 3.05) is 44.3 Å². The highest BCUT2D eigenvalue weighted by atomic mass is 16.5. The van der Waals surface area contributed by atoms with Gasteiger partial charge in [0.15, 0.2) is 5.96 Å². The molecule has 1 unspecified atom stereocenters. The van der Waals surface area contributed by atoms with E-state index < -0.39 is 0 Å². The van der Waals surface area contributed by atoms with Gasteiger partial charge in [-0.3, -0.25) is 0 Å². The molecule has 0 aromatic heterocycles. The first kappa shape index (κ1) is 21.2. The maximum absolute atomic E-state index is 5.50. The Kier molecular flexibility index (Phi) is 7.94. The zero-order chi connectivity index (χ0) is 20.5. The van der Waals surface area contributed by atoms with Crippen molar-refractivity contribution in [3.8, 4) is 0 Å². The van der Waals surface area contributed by atoms with Crippen LogP contribution in [0.3, 0.4) is 0 Å². The Morgan fingerprint density at radius 1 is 1.07 bits per heavy atom. The summed E-state index contributed by atoms with van der Waals surface area (Å²) in [6.07, 6.45) is 0. The number of nitrogens with zero attached hydrogens (tertiary/aromatic N) is 2. The van der Waals surface area contributed by atoms with E-state index in [0.29, 0.717) is 12.5 Å². The zero-order valence-electron chi connectivity index (χ0n) is 17.9. The smallest absolute Gasteiger partial charge is 0.191 e. The molecule has 0 bridgehead atoms. The number of aryl methyl sites for hydroxylation is 1. The Hall–Kier alpha value is -2.53. The molecule has 1 atom stereocenters. The minimum atomic E-state index is 0.417. The van der Waals surface area contributed by atoms with Crippen molar-refractivity contribution >= 4 is 11.6 Å². The standard InChI is InChI=1S/C24H34N4O/c1-4-25-24(26-17-20(3)21-11-9-19(2)10-12-21)27-18-22-7-5-6-8-23(22)28-13-15-29-16-14-28/h5-12,20H,4,13-18H2,1-3H3,(H2,25,26,27). The van der Waals surface area contributed by atoms with Gasteiger partial charge in [0.2, 0.25) is 0 Å². The van der Waals surface area contributed by atoms with Crippen molar-refractivity contribution < 1.29 is 4.74 Å². The molecular weight excluding hydrogens is 360 g/mol. The lowest BCUT2D eigenvalue weighted by Gasteiger charge is -2.30. The van der Waals surface area contributed by atoms with Gasteiger partial charge in [0.1, 0.15) is 0 Å². The predicted octanol–water partition coefficient (Wildman–Crippen LogP) is 3.69. The van der Waals surface area contributed by atoms with Crippen LogP contribution >= 0.6 is 0 Å². The predicted molar refractivity (Wildman–Crippen MR) is 122 cm³/mol. The molecule has 0 aliphatic carbocycles. The van der Waals surface area contributed by atoms with Gasteiger partial charge in [-0.1, -0.05) is 55.0 Å². The quantitative estimate of drug-likeness (QED) is 0.555. The normalized spacial score (nSPS) is 15.8. The number of para-hydroxylation sites is 1. The van der Waals surface area contributed by atoms with Gasteiger partial charge in [-0.05, 0) is 37.0 Å². The summed E-state index contributed by atoms with van der Waals surface area (Å²) in [6, 6.07) is 17.3. The monoisotopic (exact) mass is 394 g/mol. The van der Waals surface area contributed by atoms with Gasteiger partial charge >= 0.3 is 0 Å². The number of morpholine rings is 1. The maximum Gasteiger partial charge on any atom is 0.191 e. The lowest BCUT2D eigenvalue weighted by Crippen LogP contribution is -2.39. The number of anilines is 1. The molecule has 5 heteroatoms. The van der Waals surface area contributed by atoms with Crippen LogP contribution < -0.4 is 15.5 Å². The highest BCUT2D eigenvalue weighted by Gasteiger charge is 2.14. The van der Waals surface area contributed by atoms with Crippen molar-refractivity contribution in [3.05, 3.63) is 65.2 Å². The summed E-state index contributed by atoms with van der Waals surface area (Å²) in [5.74, 6) is 1.28. The van der Waals surface area contributed by atoms with Crippen molar-refractivity contribution in [2.24, 2.45) is 4.99 Å². The molecule has 1 saturated heterocycles. The number of rotatable bonds is 7. The number of nitrogens with one attached hydrogen (secondary N) is 2. The largest absolute Gasteiger partial charge is 0.378 e. The van der Waals surface area contributed by atoms with E-state index in [1.165, 1.54) is 22.4 Å². The minimum absolute atomic E-state index is 0.417. The summed E-state index contributed by atoms with van der Waals surface area (Å²) in [4.78, 5) is 7.25. The molecule has 1 aliphatic rings. The summed E-state index contributed by atoms with van der Waals surface area (Å²) in [7, 11) is 0. The summed E-state index contributed by atoms with van der Waals surface area (Å²) >= 11 is 0. The van der Waals surface area contributed by atoms with E-state index in [4.69, 9.17) is 9.73 Å². The van der Waals surface area contributed by atoms with E-state index in [2.05, 4.69) is 84.8 Å². The molecule has 3 rings (SSSR count). The fourth-order valence-corrected chi connectivity index (χ4v) is 3.53. The van der Waals surface area contributed by atoms with Crippen LogP contribution in [-0.2, 0) is 11.3 Å². The van der Waals surface area contributed by atoms with Gasteiger partial charge in [0.25, 0.3) is 0 Å². The fraction of sp³-hybridized carbons (Fsp3) is 0.458. The van der Waals surface area contributed by atoms with Gasteiger partial charge in [-0.2, -0.15) is 0 Å². The van der Waals surface area contributed by atoms with Crippen molar-refractivity contribution in [2.45, 2.75) is 33.2 Å². The number of hydrogen-bond acceptors (Lipinski definition) is 3. The van der Waals surface area contributed by atoms with Crippen molar-refractivity contribution in [1.82, 2.24) is 10.6 Å². The first-order valence-electron chi connectivity index (χ1n) is 10.7. The van der Waals surface area contributed by atoms with E-state index in [1.54, 1.807) is 0 Å². The average molecular weight is 395 g/mol. The third-order valence-electron chi connectivity index (χ3n) is 5.32. The molecule has 0 spiro atoms. The highest BCUT2D eigenvalue weighted by Crippen LogP contribution is 2.22. The van der Waals surface area contributed by atoms with Gasteiger partial charge in [-0.15, -0.1) is 0 Å². The summed E-state index contributed by atoms with van der Waals surface area (Å²) < 4.78 is 5.50. The zero-order valence-corrected chi connectivity index (χ0v) is 17.9. The van der Waals surface area contributed by atoms with E-state index >= 15 is 0 Å². The number of guanidine groups is 1. The maximum atomic E-state index is 5.50. The Bertz CT molecular complexity index is 782. The minimum Gasteiger partial charge on any atom is -0.378 e. The second kappa shape index (κ2) is 10.9. The van der Waals surface area contributed by atoms with Gasteiger partial charge < -0.3 is 20.3 Å². The van der Waals surface area contributed by atoms with Crippen LogP contribution in [0.15, 0.2) is 53.5 Å². The summed E-state index contributed by atoms with van der Waals surface area (Å²) in [5, 5.41) is 6.88. The second-order valence-electron chi connectivity index (χ2n) is 7.62. The molecule has 1 fully saturated rings. The van der Waals surface area contributed by atoms with E-state index in [-0.39, 0.29) is 0 Å². The van der Waals surface area contributed by atoms with Gasteiger partial charge in [0.05, 0.1) is 19.8 Å². The van der Waals surface area contributed by atoms with E-state index in [1.807, 2.05) is 0 Å². The molecule has 0 amide bonds. The number of benzene rings is 2. The molecule has 0 radical (unpaired) electrons. The lowest BCUT2D eigenvalue weighted by molar-refractivity contribution is 0.122.